The number of methoxy groups -OCH3 is 1. The van der Waals surface area contributed by atoms with Gasteiger partial charge in [0.1, 0.15) is 12.4 Å². The fraction of sp³-hybridized carbons (Fsp3) is 0.476. The number of hydrogen-bond donors (Lipinski definition) is 1. The lowest BCUT2D eigenvalue weighted by atomic mass is 10.1. The van der Waals surface area contributed by atoms with Gasteiger partial charge in [-0.25, -0.2) is 0 Å². The molecule has 29 heavy (non-hydrogen) atoms. The minimum Gasteiger partial charge on any atom is -0.493 e. The van der Waals surface area contributed by atoms with Crippen molar-refractivity contribution in [2.75, 3.05) is 20.2 Å². The van der Waals surface area contributed by atoms with Crippen LogP contribution >= 0.6 is 0 Å². The quantitative estimate of drug-likeness (QED) is 0.731. The Morgan fingerprint density at radius 3 is 2.76 bits per heavy atom. The number of hydrogen-bond acceptors (Lipinski definition) is 6. The minimum absolute atomic E-state index is 0.146. The zero-order valence-electron chi connectivity index (χ0n) is 17.3. The zero-order chi connectivity index (χ0) is 21.0. The van der Waals surface area contributed by atoms with Gasteiger partial charge in [-0.3, -0.25) is 9.59 Å². The van der Waals surface area contributed by atoms with Crippen molar-refractivity contribution in [2.45, 2.75) is 46.3 Å². The molecule has 0 bridgehead atoms. The summed E-state index contributed by atoms with van der Waals surface area (Å²) in [5.41, 5.74) is 2.13. The molecule has 0 saturated carbocycles. The van der Waals surface area contributed by atoms with Crippen LogP contribution in [-0.2, 0) is 11.4 Å². The van der Waals surface area contributed by atoms with Gasteiger partial charge in [0.05, 0.1) is 18.4 Å². The van der Waals surface area contributed by atoms with Crippen LogP contribution in [-0.4, -0.2) is 48.1 Å². The van der Waals surface area contributed by atoms with Gasteiger partial charge in [-0.15, -0.1) is 0 Å². The molecule has 1 aliphatic rings. The van der Waals surface area contributed by atoms with E-state index in [4.69, 9.17) is 14.0 Å². The summed E-state index contributed by atoms with van der Waals surface area (Å²) in [7, 11) is 1.53. The Kier molecular flexibility index (Phi) is 6.41. The first-order valence-electron chi connectivity index (χ1n) is 9.70. The van der Waals surface area contributed by atoms with Crippen molar-refractivity contribution in [3.8, 4) is 11.5 Å². The van der Waals surface area contributed by atoms with Gasteiger partial charge in [0.2, 0.25) is 5.91 Å². The maximum atomic E-state index is 12.6. The number of nitrogens with one attached hydrogen (secondary N) is 1. The zero-order valence-corrected chi connectivity index (χ0v) is 17.3. The van der Waals surface area contributed by atoms with E-state index in [1.54, 1.807) is 23.1 Å². The minimum atomic E-state index is -0.222. The molecule has 156 valence electrons. The highest BCUT2D eigenvalue weighted by Crippen LogP contribution is 2.29. The molecular formula is C21H27N3O5. The van der Waals surface area contributed by atoms with Crippen LogP contribution in [0.5, 0.6) is 11.5 Å². The van der Waals surface area contributed by atoms with Gasteiger partial charge in [0, 0.05) is 31.1 Å². The summed E-state index contributed by atoms with van der Waals surface area (Å²) in [5.74, 6) is 1.63. The van der Waals surface area contributed by atoms with E-state index in [1.807, 2.05) is 20.8 Å². The van der Waals surface area contributed by atoms with Crippen LogP contribution in [0.4, 0.5) is 0 Å². The van der Waals surface area contributed by atoms with Crippen molar-refractivity contribution in [2.24, 2.45) is 0 Å². The van der Waals surface area contributed by atoms with Crippen LogP contribution < -0.4 is 14.8 Å². The number of aromatic nitrogens is 1. The highest BCUT2D eigenvalue weighted by atomic mass is 16.5. The second-order valence-corrected chi connectivity index (χ2v) is 7.27. The third-order valence-electron chi connectivity index (χ3n) is 5.02. The van der Waals surface area contributed by atoms with Gasteiger partial charge in [-0.1, -0.05) is 5.16 Å². The van der Waals surface area contributed by atoms with E-state index in [1.165, 1.54) is 7.11 Å². The lowest BCUT2D eigenvalue weighted by Crippen LogP contribution is -2.42. The predicted molar refractivity (Wildman–Crippen MR) is 106 cm³/mol. The summed E-state index contributed by atoms with van der Waals surface area (Å²) in [4.78, 5) is 26.1. The van der Waals surface area contributed by atoms with Crippen molar-refractivity contribution >= 4 is 11.8 Å². The summed E-state index contributed by atoms with van der Waals surface area (Å²) in [6, 6.07) is 4.90. The molecule has 1 aliphatic heterocycles. The average molecular weight is 401 g/mol. The molecule has 1 atom stereocenters. The predicted octanol–water partition coefficient (Wildman–Crippen LogP) is 2.62. The number of benzene rings is 1. The maximum absolute atomic E-state index is 12.6. The van der Waals surface area contributed by atoms with E-state index in [2.05, 4.69) is 10.5 Å². The molecule has 8 heteroatoms. The van der Waals surface area contributed by atoms with Crippen LogP contribution in [0.25, 0.3) is 0 Å². The Morgan fingerprint density at radius 2 is 2.14 bits per heavy atom. The topological polar surface area (TPSA) is 93.9 Å². The highest BCUT2D eigenvalue weighted by Gasteiger charge is 2.23. The summed E-state index contributed by atoms with van der Waals surface area (Å²) in [6.45, 7) is 7.15. The number of nitrogens with zero attached hydrogens (tertiary/aromatic N) is 2. The third-order valence-corrected chi connectivity index (χ3v) is 5.02. The monoisotopic (exact) mass is 401 g/mol. The molecule has 1 N–H and O–H groups in total. The van der Waals surface area contributed by atoms with Gasteiger partial charge >= 0.3 is 0 Å². The van der Waals surface area contributed by atoms with Crippen LogP contribution in [0.1, 0.15) is 47.1 Å². The van der Waals surface area contributed by atoms with Crippen molar-refractivity contribution in [3.63, 3.8) is 0 Å². The number of carbonyl (C=O) groups is 2. The Labute approximate surface area is 170 Å². The highest BCUT2D eigenvalue weighted by molar-refractivity contribution is 5.95. The normalized spacial score (nSPS) is 14.8. The molecular weight excluding hydrogens is 374 g/mol. The van der Waals surface area contributed by atoms with E-state index in [9.17, 15) is 9.59 Å². The van der Waals surface area contributed by atoms with Crippen LogP contribution in [0.15, 0.2) is 22.7 Å². The van der Waals surface area contributed by atoms with Crippen molar-refractivity contribution in [1.82, 2.24) is 15.4 Å². The molecule has 0 spiro atoms. The van der Waals surface area contributed by atoms with Crippen molar-refractivity contribution < 1.29 is 23.6 Å². The molecule has 1 aromatic carbocycles. The second-order valence-electron chi connectivity index (χ2n) is 7.27. The first-order chi connectivity index (χ1) is 13.9. The van der Waals surface area contributed by atoms with E-state index in [0.717, 1.165) is 24.2 Å². The van der Waals surface area contributed by atoms with E-state index < -0.39 is 0 Å². The lowest BCUT2D eigenvalue weighted by molar-refractivity contribution is -0.127. The number of aryl methyl sites for hydroxylation is 2. The molecule has 2 amide bonds. The number of carbonyl (C=O) groups excluding carboxylic acids is 2. The Hall–Kier alpha value is -3.03. The first kappa shape index (κ1) is 20.7. The molecule has 0 aliphatic carbocycles. The molecule has 0 radical (unpaired) electrons. The van der Waals surface area contributed by atoms with Gasteiger partial charge in [0.15, 0.2) is 11.5 Å². The lowest BCUT2D eigenvalue weighted by Gasteiger charge is -2.22. The van der Waals surface area contributed by atoms with Gasteiger partial charge < -0.3 is 24.2 Å². The van der Waals surface area contributed by atoms with Crippen molar-refractivity contribution in [1.29, 1.82) is 0 Å². The van der Waals surface area contributed by atoms with E-state index >= 15 is 0 Å². The average Bonchev–Trinajstić information content (AvgIpc) is 3.24. The van der Waals surface area contributed by atoms with Crippen molar-refractivity contribution in [3.05, 3.63) is 40.8 Å². The van der Waals surface area contributed by atoms with Gasteiger partial charge in [-0.05, 0) is 45.4 Å². The Balaban J connectivity index is 1.62. The smallest absolute Gasteiger partial charge is 0.251 e. The summed E-state index contributed by atoms with van der Waals surface area (Å²) >= 11 is 0. The first-order valence-corrected chi connectivity index (χ1v) is 9.70. The molecule has 0 unspecified atom stereocenters. The standard InChI is InChI=1S/C21H27N3O5/c1-13(11-24-9-5-6-20(24)25)22-21(26)16-7-8-18(19(10-16)27-4)28-12-17-14(2)23-29-15(17)3/h7-8,10,13H,5-6,9,11-12H2,1-4H3,(H,22,26)/t13-/m1/s1. The third kappa shape index (κ3) is 4.88. The van der Waals surface area contributed by atoms with Gasteiger partial charge in [0.25, 0.3) is 5.91 Å². The Bertz CT molecular complexity index is 873. The molecule has 2 heterocycles. The fourth-order valence-corrected chi connectivity index (χ4v) is 3.37. The fourth-order valence-electron chi connectivity index (χ4n) is 3.37. The van der Waals surface area contributed by atoms with Gasteiger partial charge in [-0.2, -0.15) is 0 Å². The molecule has 3 rings (SSSR count). The maximum Gasteiger partial charge on any atom is 0.251 e. The summed E-state index contributed by atoms with van der Waals surface area (Å²) < 4.78 is 16.4. The van der Waals surface area contributed by atoms with E-state index in [0.29, 0.717) is 42.4 Å². The molecule has 1 saturated heterocycles. The molecule has 2 aromatic rings. The number of ether oxygens (including phenoxy) is 2. The van der Waals surface area contributed by atoms with Crippen LogP contribution in [0.2, 0.25) is 0 Å². The summed E-state index contributed by atoms with van der Waals surface area (Å²) in [5, 5.41) is 6.85. The largest absolute Gasteiger partial charge is 0.493 e. The molecule has 1 aromatic heterocycles. The Morgan fingerprint density at radius 1 is 1.34 bits per heavy atom. The number of likely N-dealkylation sites (tertiary alicyclic amines) is 1. The van der Waals surface area contributed by atoms with Crippen LogP contribution in [0.3, 0.4) is 0 Å². The van der Waals surface area contributed by atoms with Crippen LogP contribution in [0, 0.1) is 13.8 Å². The summed E-state index contributed by atoms with van der Waals surface area (Å²) in [6.07, 6.45) is 1.47. The SMILES string of the molecule is COc1cc(C(=O)N[C@H](C)CN2CCCC2=O)ccc1OCc1c(C)noc1C. The molecule has 1 fully saturated rings. The number of rotatable bonds is 8. The number of amides is 2. The van der Waals surface area contributed by atoms with E-state index in [-0.39, 0.29) is 17.9 Å². The second kappa shape index (κ2) is 8.98. The molecule has 8 nitrogen and oxygen atoms in total.